The fourth-order valence-electron chi connectivity index (χ4n) is 5.54. The van der Waals surface area contributed by atoms with E-state index in [1.807, 2.05) is 0 Å². The van der Waals surface area contributed by atoms with Crippen LogP contribution in [0, 0.1) is 0 Å². The van der Waals surface area contributed by atoms with Crippen molar-refractivity contribution in [3.63, 3.8) is 0 Å². The normalized spacial score (nSPS) is 17.9. The van der Waals surface area contributed by atoms with Gasteiger partial charge in [0.05, 0.1) is 0 Å². The molecule has 0 bridgehead atoms. The molecule has 0 saturated heterocycles. The molecule has 6 rings (SSSR count). The van der Waals surface area contributed by atoms with Gasteiger partial charge in [-0.3, -0.25) is 0 Å². The van der Waals surface area contributed by atoms with Gasteiger partial charge in [-0.1, -0.05) is 0 Å². The van der Waals surface area contributed by atoms with Crippen LogP contribution in [0.3, 0.4) is 0 Å². The maximum Gasteiger partial charge on any atom is -1.00 e. The number of hydrogen-bond donors (Lipinski definition) is 0. The van der Waals surface area contributed by atoms with Gasteiger partial charge in [-0.05, 0) is 0 Å². The van der Waals surface area contributed by atoms with Gasteiger partial charge in [0.15, 0.2) is 0 Å². The quantitative estimate of drug-likeness (QED) is 0.361. The van der Waals surface area contributed by atoms with E-state index in [0.717, 1.165) is 0 Å². The number of rotatable bonds is 3. The van der Waals surface area contributed by atoms with Crippen LogP contribution in [0.5, 0.6) is 0 Å². The fraction of sp³-hybridized carbons (Fsp3) is 0.0968. The van der Waals surface area contributed by atoms with Gasteiger partial charge in [-0.25, -0.2) is 0 Å². The summed E-state index contributed by atoms with van der Waals surface area (Å²) in [5.74, 6) is 0.684. The smallest absolute Gasteiger partial charge is 1.00 e. The van der Waals surface area contributed by atoms with Crippen molar-refractivity contribution in [2.24, 2.45) is 0 Å². The van der Waals surface area contributed by atoms with E-state index in [-0.39, 0.29) is 30.7 Å². The summed E-state index contributed by atoms with van der Waals surface area (Å²) in [7, 11) is 0. The average molecular weight is 558 g/mol. The van der Waals surface area contributed by atoms with Crippen LogP contribution in [0.1, 0.15) is 57.7 Å². The summed E-state index contributed by atoms with van der Waals surface area (Å²) in [4.78, 5) is 0. The minimum absolute atomic E-state index is 0. The Morgan fingerprint density at radius 1 is 0.588 bits per heavy atom. The molecule has 0 radical (unpaired) electrons. The molecule has 2 atom stereocenters. The molecule has 34 heavy (non-hydrogen) atoms. The molecule has 0 spiro atoms. The number of allylic oxidation sites excluding steroid dienone is 2. The summed E-state index contributed by atoms with van der Waals surface area (Å²) >= 11 is 1.49. The second-order valence-electron chi connectivity index (χ2n) is 8.72. The summed E-state index contributed by atoms with van der Waals surface area (Å²) in [6, 6.07) is 37.7. The van der Waals surface area contributed by atoms with Gasteiger partial charge in [0, 0.05) is 0 Å². The monoisotopic (exact) mass is 555 g/mol. The molecule has 0 heterocycles. The minimum atomic E-state index is 0. The molecule has 0 amide bonds. The van der Waals surface area contributed by atoms with Crippen LogP contribution in [-0.4, -0.2) is 0 Å². The van der Waals surface area contributed by atoms with Crippen LogP contribution in [-0.2, 0) is 24.7 Å². The molecule has 3 heteroatoms. The van der Waals surface area contributed by atoms with Gasteiger partial charge in [0.25, 0.3) is 0 Å². The molecule has 2 aliphatic carbocycles. The molecule has 2 unspecified atom stereocenters. The van der Waals surface area contributed by atoms with Crippen LogP contribution in [0.4, 0.5) is 0 Å². The third-order valence-electron chi connectivity index (χ3n) is 6.98. The predicted molar refractivity (Wildman–Crippen MR) is 131 cm³/mol. The first-order valence-corrected chi connectivity index (χ1v) is 12.5. The molecule has 0 aromatic heterocycles. The topological polar surface area (TPSA) is 0 Å². The van der Waals surface area contributed by atoms with E-state index in [9.17, 15) is 0 Å². The van der Waals surface area contributed by atoms with Crippen molar-refractivity contribution < 1.29 is 49.5 Å². The molecule has 0 N–H and O–H groups in total. The zero-order chi connectivity index (χ0) is 21.7. The maximum absolute atomic E-state index is 2.40. The van der Waals surface area contributed by atoms with Gasteiger partial charge in [-0.15, -0.1) is 0 Å². The summed E-state index contributed by atoms with van der Waals surface area (Å²) in [6.07, 6.45) is 2.40. The van der Waals surface area contributed by atoms with Crippen LogP contribution >= 0.6 is 0 Å². The van der Waals surface area contributed by atoms with Crippen molar-refractivity contribution in [2.75, 3.05) is 0 Å². The number of halogens is 2. The van der Waals surface area contributed by atoms with Crippen molar-refractivity contribution in [2.45, 2.75) is 18.8 Å². The summed E-state index contributed by atoms with van der Waals surface area (Å²) in [5.41, 5.74) is 12.8. The third kappa shape index (κ3) is 3.99. The van der Waals surface area contributed by atoms with Crippen molar-refractivity contribution in [3.8, 4) is 0 Å². The Kier molecular flexibility index (Phi) is 7.49. The van der Waals surface area contributed by atoms with E-state index >= 15 is 0 Å². The van der Waals surface area contributed by atoms with E-state index in [2.05, 4.69) is 116 Å². The zero-order valence-corrected chi connectivity index (χ0v) is 22.8. The Balaban J connectivity index is 0.00000137. The fourth-order valence-corrected chi connectivity index (χ4v) is 7.13. The Morgan fingerprint density at radius 3 is 1.85 bits per heavy atom. The molecule has 0 fully saturated rings. The van der Waals surface area contributed by atoms with E-state index in [4.69, 9.17) is 0 Å². The number of fused-ring (bicyclic) bond motifs is 2. The Bertz CT molecular complexity index is 1390. The second-order valence-corrected chi connectivity index (χ2v) is 9.94. The van der Waals surface area contributed by atoms with Gasteiger partial charge >= 0.3 is 206 Å². The van der Waals surface area contributed by atoms with Gasteiger partial charge in [0.1, 0.15) is 0 Å². The molecule has 0 aliphatic heterocycles. The molecule has 2 aliphatic rings. The van der Waals surface area contributed by atoms with E-state index in [1.165, 1.54) is 78.1 Å². The summed E-state index contributed by atoms with van der Waals surface area (Å²) in [5, 5.41) is 0. The molecule has 0 saturated carbocycles. The van der Waals surface area contributed by atoms with Gasteiger partial charge < -0.3 is 24.8 Å². The van der Waals surface area contributed by atoms with Crippen LogP contribution in [0.25, 0.3) is 20.5 Å². The average Bonchev–Trinajstić information content (AvgIpc) is 3.36. The van der Waals surface area contributed by atoms with E-state index < -0.39 is 0 Å². The molecular formula is C31H23Cl2Zr. The zero-order valence-electron chi connectivity index (χ0n) is 18.8. The van der Waals surface area contributed by atoms with Crippen LogP contribution in [0.15, 0.2) is 103 Å². The van der Waals surface area contributed by atoms with Crippen LogP contribution < -0.4 is 24.8 Å². The van der Waals surface area contributed by atoms with Crippen molar-refractivity contribution in [1.82, 2.24) is 0 Å². The second kappa shape index (κ2) is 10.2. The Hall–Kier alpha value is -2.18. The van der Waals surface area contributed by atoms with Crippen molar-refractivity contribution >= 4 is 20.5 Å². The van der Waals surface area contributed by atoms with Crippen molar-refractivity contribution in [3.05, 3.63) is 142 Å². The largest absolute Gasteiger partial charge is 1.00 e. The van der Waals surface area contributed by atoms with E-state index in [1.54, 1.807) is 0 Å². The Labute approximate surface area is 229 Å². The molecule has 4 aromatic carbocycles. The predicted octanol–water partition coefficient (Wildman–Crippen LogP) is 1.91. The van der Waals surface area contributed by atoms with Gasteiger partial charge in [-0.2, -0.15) is 0 Å². The summed E-state index contributed by atoms with van der Waals surface area (Å²) < 4.78 is 1.51. The minimum Gasteiger partial charge on any atom is -1.00 e. The number of hydrogen-bond acceptors (Lipinski definition) is 0. The number of benzene rings is 4. The van der Waals surface area contributed by atoms with Gasteiger partial charge in [0.2, 0.25) is 0 Å². The van der Waals surface area contributed by atoms with Crippen LogP contribution in [0.2, 0.25) is 0 Å². The first-order chi connectivity index (χ1) is 15.7. The Morgan fingerprint density at radius 2 is 1.15 bits per heavy atom. The maximum atomic E-state index is 2.40. The molecule has 0 nitrogen and oxygen atoms in total. The first kappa shape index (κ1) is 24.9. The molecule has 165 valence electrons. The summed E-state index contributed by atoms with van der Waals surface area (Å²) in [6.45, 7) is 2.37. The molecular weight excluding hydrogens is 534 g/mol. The SMILES string of the molecule is CC1C(c2ccccc2)=[C]([Zr+2])c2c1cccc2C1C(c2ccccc2)=Cc2ccccc21.[Cl-].[Cl-]. The molecule has 4 aromatic rings. The van der Waals surface area contributed by atoms with Crippen molar-refractivity contribution in [1.29, 1.82) is 0 Å². The standard InChI is InChI=1S/C31H23.2ClH.Zr/c1-21-25-17-10-18-27(30(25)20-28(21)22-11-4-2-5-12-22)31-26-16-9-8-15-24(26)19-29(31)23-13-6-3-7-14-23;;;/h2-19,21,31H,1H3;2*1H;/q;;;+2/p-2. The first-order valence-electron chi connectivity index (χ1n) is 11.2. The third-order valence-corrected chi connectivity index (χ3v) is 8.26. The van der Waals surface area contributed by atoms with E-state index in [0.29, 0.717) is 5.92 Å².